The molecule has 7 nitrogen and oxygen atoms in total. The largest absolute Gasteiger partial charge is 0.456 e. The number of ether oxygens (including phenoxy) is 1. The molecule has 0 aromatic heterocycles. The van der Waals surface area contributed by atoms with Gasteiger partial charge in [0.25, 0.3) is 0 Å². The lowest BCUT2D eigenvalue weighted by molar-refractivity contribution is -0.136. The first-order valence-corrected chi connectivity index (χ1v) is 8.47. The van der Waals surface area contributed by atoms with Gasteiger partial charge in [-0.25, -0.2) is 9.59 Å². The predicted molar refractivity (Wildman–Crippen MR) is 92.8 cm³/mol. The number of cyclic esters (lactones) is 1. The molecule has 3 atom stereocenters. The maximum Gasteiger partial charge on any atom is 0.336 e. The molecule has 3 unspecified atom stereocenters. The van der Waals surface area contributed by atoms with Crippen LogP contribution in [0.4, 0.5) is 4.79 Å². The first-order chi connectivity index (χ1) is 12.5. The van der Waals surface area contributed by atoms with Crippen molar-refractivity contribution in [2.24, 2.45) is 5.92 Å². The summed E-state index contributed by atoms with van der Waals surface area (Å²) in [5.74, 6) is -1.93. The summed E-state index contributed by atoms with van der Waals surface area (Å²) in [4.78, 5) is 39.0. The molecule has 3 heterocycles. The summed E-state index contributed by atoms with van der Waals surface area (Å²) >= 11 is 0. The summed E-state index contributed by atoms with van der Waals surface area (Å²) < 4.78 is 5.22. The molecular weight excluding hydrogens is 334 g/mol. The summed E-state index contributed by atoms with van der Waals surface area (Å²) in [6.07, 6.45) is 1.05. The van der Waals surface area contributed by atoms with Crippen molar-refractivity contribution < 1.29 is 19.1 Å². The van der Waals surface area contributed by atoms with E-state index in [0.29, 0.717) is 11.3 Å². The standard InChI is InChI=1S/C19H19N3O4/c1-3-8-22-16-15(17(23)21-19(22)25)13(11-7-5-4-6-10(11)2)14-12(20-16)9-26-18(14)24/h3-7,13,15-16,20H,1,8-9H2,2H3,(H,21,23,25). The van der Waals surface area contributed by atoms with Crippen molar-refractivity contribution >= 4 is 17.9 Å². The van der Waals surface area contributed by atoms with Crippen LogP contribution in [0, 0.1) is 12.8 Å². The number of carbonyl (C=O) groups excluding carboxylic acids is 3. The number of carbonyl (C=O) groups is 3. The number of hydrogen-bond acceptors (Lipinski definition) is 5. The molecule has 2 N–H and O–H groups in total. The van der Waals surface area contributed by atoms with Crippen LogP contribution in [0.3, 0.4) is 0 Å². The monoisotopic (exact) mass is 353 g/mol. The molecule has 3 aliphatic heterocycles. The lowest BCUT2D eigenvalue weighted by Gasteiger charge is -2.46. The number of fused-ring (bicyclic) bond motifs is 1. The summed E-state index contributed by atoms with van der Waals surface area (Å²) in [6.45, 7) is 6.04. The van der Waals surface area contributed by atoms with Crippen molar-refractivity contribution in [3.05, 3.63) is 59.3 Å². The molecule has 1 fully saturated rings. The average Bonchev–Trinajstić information content (AvgIpc) is 2.98. The minimum Gasteiger partial charge on any atom is -0.456 e. The van der Waals surface area contributed by atoms with E-state index >= 15 is 0 Å². The van der Waals surface area contributed by atoms with E-state index in [9.17, 15) is 14.4 Å². The number of nitrogens with one attached hydrogen (secondary N) is 2. The van der Waals surface area contributed by atoms with Crippen LogP contribution in [0.25, 0.3) is 0 Å². The number of benzene rings is 1. The third-order valence-corrected chi connectivity index (χ3v) is 5.20. The molecule has 0 spiro atoms. The van der Waals surface area contributed by atoms with E-state index in [4.69, 9.17) is 4.74 Å². The van der Waals surface area contributed by atoms with E-state index in [0.717, 1.165) is 11.1 Å². The highest BCUT2D eigenvalue weighted by Crippen LogP contribution is 2.44. The summed E-state index contributed by atoms with van der Waals surface area (Å²) in [5, 5.41) is 5.61. The van der Waals surface area contributed by atoms with Crippen molar-refractivity contribution in [2.75, 3.05) is 13.2 Å². The zero-order valence-corrected chi connectivity index (χ0v) is 14.3. The SMILES string of the molecule is C=CCN1C(=O)NC(=O)C2C(c3ccccc3C)C3=C(COC3=O)NC21. The molecule has 1 aromatic carbocycles. The maximum atomic E-state index is 12.8. The number of hydrogen-bond donors (Lipinski definition) is 2. The van der Waals surface area contributed by atoms with Gasteiger partial charge >= 0.3 is 12.0 Å². The Kier molecular flexibility index (Phi) is 3.79. The molecule has 0 bridgehead atoms. The van der Waals surface area contributed by atoms with Crippen molar-refractivity contribution in [3.63, 3.8) is 0 Å². The summed E-state index contributed by atoms with van der Waals surface area (Å²) in [5.41, 5.74) is 2.98. The molecule has 26 heavy (non-hydrogen) atoms. The zero-order chi connectivity index (χ0) is 18.4. The zero-order valence-electron chi connectivity index (χ0n) is 14.3. The molecule has 0 saturated carbocycles. The Morgan fingerprint density at radius 2 is 2.08 bits per heavy atom. The van der Waals surface area contributed by atoms with Gasteiger partial charge in [0.05, 0.1) is 17.2 Å². The molecule has 1 saturated heterocycles. The number of esters is 1. The summed E-state index contributed by atoms with van der Waals surface area (Å²) in [6, 6.07) is 7.18. The van der Waals surface area contributed by atoms with Gasteiger partial charge in [-0.3, -0.25) is 15.0 Å². The molecular formula is C19H19N3O4. The fourth-order valence-electron chi connectivity index (χ4n) is 4.05. The van der Waals surface area contributed by atoms with Crippen LogP contribution in [0.5, 0.6) is 0 Å². The van der Waals surface area contributed by atoms with Crippen LogP contribution in [0.1, 0.15) is 17.0 Å². The fraction of sp³-hybridized carbons (Fsp3) is 0.316. The Hall–Kier alpha value is -3.09. The molecule has 1 aromatic rings. The quantitative estimate of drug-likeness (QED) is 0.629. The van der Waals surface area contributed by atoms with Gasteiger partial charge in [0.2, 0.25) is 5.91 Å². The Labute approximate surface area is 150 Å². The third-order valence-electron chi connectivity index (χ3n) is 5.20. The predicted octanol–water partition coefficient (Wildman–Crippen LogP) is 1.17. The third kappa shape index (κ3) is 2.31. The van der Waals surface area contributed by atoms with E-state index in [1.807, 2.05) is 31.2 Å². The molecule has 0 aliphatic carbocycles. The van der Waals surface area contributed by atoms with Crippen LogP contribution in [-0.4, -0.2) is 42.1 Å². The Bertz CT molecular complexity index is 860. The molecule has 7 heteroatoms. The van der Waals surface area contributed by atoms with Gasteiger partial charge < -0.3 is 10.1 Å². The summed E-state index contributed by atoms with van der Waals surface area (Å²) in [7, 11) is 0. The number of nitrogens with zero attached hydrogens (tertiary/aromatic N) is 1. The average molecular weight is 353 g/mol. The normalized spacial score (nSPS) is 27.3. The fourth-order valence-corrected chi connectivity index (χ4v) is 4.05. The number of amides is 3. The number of rotatable bonds is 3. The number of imide groups is 1. The van der Waals surface area contributed by atoms with Gasteiger partial charge in [-0.2, -0.15) is 0 Å². The second-order valence-corrected chi connectivity index (χ2v) is 6.65. The highest BCUT2D eigenvalue weighted by Gasteiger charge is 2.53. The van der Waals surface area contributed by atoms with Crippen LogP contribution in [0.15, 0.2) is 48.2 Å². The van der Waals surface area contributed by atoms with Gasteiger partial charge in [-0.05, 0) is 18.1 Å². The lowest BCUT2D eigenvalue weighted by Crippen LogP contribution is -2.67. The second-order valence-electron chi connectivity index (χ2n) is 6.65. The second kappa shape index (κ2) is 6.01. The highest BCUT2D eigenvalue weighted by molar-refractivity contribution is 6.02. The van der Waals surface area contributed by atoms with Crippen LogP contribution < -0.4 is 10.6 Å². The topological polar surface area (TPSA) is 87.7 Å². The first kappa shape index (κ1) is 16.4. The van der Waals surface area contributed by atoms with E-state index in [1.54, 1.807) is 6.08 Å². The molecule has 3 amide bonds. The van der Waals surface area contributed by atoms with E-state index in [-0.39, 0.29) is 13.2 Å². The van der Waals surface area contributed by atoms with Crippen LogP contribution in [-0.2, 0) is 14.3 Å². The Morgan fingerprint density at radius 3 is 2.81 bits per heavy atom. The van der Waals surface area contributed by atoms with E-state index < -0.39 is 35.9 Å². The maximum absolute atomic E-state index is 12.8. The minimum absolute atomic E-state index is 0.123. The highest BCUT2D eigenvalue weighted by atomic mass is 16.5. The van der Waals surface area contributed by atoms with Gasteiger partial charge in [0, 0.05) is 12.5 Å². The van der Waals surface area contributed by atoms with Gasteiger partial charge in [0.15, 0.2) is 0 Å². The number of urea groups is 1. The van der Waals surface area contributed by atoms with Gasteiger partial charge in [0.1, 0.15) is 12.8 Å². The van der Waals surface area contributed by atoms with E-state index in [1.165, 1.54) is 4.90 Å². The Balaban J connectivity index is 1.89. The molecule has 3 aliphatic rings. The van der Waals surface area contributed by atoms with Crippen molar-refractivity contribution in [3.8, 4) is 0 Å². The molecule has 4 rings (SSSR count). The van der Waals surface area contributed by atoms with Crippen LogP contribution >= 0.6 is 0 Å². The van der Waals surface area contributed by atoms with E-state index in [2.05, 4.69) is 17.2 Å². The lowest BCUT2D eigenvalue weighted by atomic mass is 9.73. The van der Waals surface area contributed by atoms with Crippen molar-refractivity contribution in [1.82, 2.24) is 15.5 Å². The van der Waals surface area contributed by atoms with Crippen molar-refractivity contribution in [2.45, 2.75) is 19.0 Å². The van der Waals surface area contributed by atoms with Gasteiger partial charge in [-0.15, -0.1) is 6.58 Å². The first-order valence-electron chi connectivity index (χ1n) is 8.47. The van der Waals surface area contributed by atoms with Gasteiger partial charge in [-0.1, -0.05) is 30.3 Å². The minimum atomic E-state index is -0.641. The van der Waals surface area contributed by atoms with Crippen molar-refractivity contribution in [1.29, 1.82) is 0 Å². The molecule has 0 radical (unpaired) electrons. The Morgan fingerprint density at radius 1 is 1.31 bits per heavy atom. The van der Waals surface area contributed by atoms with Crippen LogP contribution in [0.2, 0.25) is 0 Å². The smallest absolute Gasteiger partial charge is 0.336 e. The molecule has 134 valence electrons. The number of aryl methyl sites for hydroxylation is 1.